The molecule has 0 saturated carbocycles. The standard InChI is InChI=1S/C17H19F2NO/c1-3-20-10-13-5-7-15(18)14(9-13)11-21-17-8-12(2)4-6-16(17)19/h4-9,20H,3,10-11H2,1-2H3. The quantitative estimate of drug-likeness (QED) is 0.869. The van der Waals surface area contributed by atoms with Gasteiger partial charge >= 0.3 is 0 Å². The van der Waals surface area contributed by atoms with Crippen molar-refractivity contribution in [3.05, 3.63) is 64.7 Å². The largest absolute Gasteiger partial charge is 0.486 e. The Morgan fingerprint density at radius 1 is 1.05 bits per heavy atom. The van der Waals surface area contributed by atoms with Gasteiger partial charge in [0, 0.05) is 12.1 Å². The Morgan fingerprint density at radius 3 is 2.57 bits per heavy atom. The molecule has 2 rings (SSSR count). The van der Waals surface area contributed by atoms with Crippen LogP contribution in [0.5, 0.6) is 5.75 Å². The van der Waals surface area contributed by atoms with Gasteiger partial charge in [-0.2, -0.15) is 0 Å². The summed E-state index contributed by atoms with van der Waals surface area (Å²) < 4.78 is 32.8. The molecule has 0 heterocycles. The molecule has 0 aromatic heterocycles. The predicted molar refractivity (Wildman–Crippen MR) is 79.2 cm³/mol. The molecule has 0 saturated heterocycles. The molecule has 0 fully saturated rings. The molecule has 0 aliphatic carbocycles. The zero-order chi connectivity index (χ0) is 15.2. The van der Waals surface area contributed by atoms with Gasteiger partial charge in [0.1, 0.15) is 12.4 Å². The highest BCUT2D eigenvalue weighted by Crippen LogP contribution is 2.20. The lowest BCUT2D eigenvalue weighted by molar-refractivity contribution is 0.284. The van der Waals surface area contributed by atoms with E-state index in [1.807, 2.05) is 13.8 Å². The van der Waals surface area contributed by atoms with Gasteiger partial charge in [0.05, 0.1) is 0 Å². The number of rotatable bonds is 6. The lowest BCUT2D eigenvalue weighted by Crippen LogP contribution is -2.12. The van der Waals surface area contributed by atoms with Crippen molar-refractivity contribution in [1.29, 1.82) is 0 Å². The molecule has 4 heteroatoms. The zero-order valence-corrected chi connectivity index (χ0v) is 12.2. The van der Waals surface area contributed by atoms with Crippen LogP contribution in [-0.4, -0.2) is 6.54 Å². The molecule has 1 N–H and O–H groups in total. The summed E-state index contributed by atoms with van der Waals surface area (Å²) in [4.78, 5) is 0. The van der Waals surface area contributed by atoms with Crippen LogP contribution < -0.4 is 10.1 Å². The number of nitrogens with one attached hydrogen (secondary N) is 1. The summed E-state index contributed by atoms with van der Waals surface area (Å²) in [6, 6.07) is 9.51. The molecule has 0 amide bonds. The number of aryl methyl sites for hydroxylation is 1. The van der Waals surface area contributed by atoms with Crippen molar-refractivity contribution in [2.75, 3.05) is 6.54 Å². The molecule has 2 aromatic rings. The van der Waals surface area contributed by atoms with Crippen molar-refractivity contribution < 1.29 is 13.5 Å². The first kappa shape index (κ1) is 15.4. The Balaban J connectivity index is 2.10. The Labute approximate surface area is 123 Å². The van der Waals surface area contributed by atoms with Crippen molar-refractivity contribution in [2.24, 2.45) is 0 Å². The van der Waals surface area contributed by atoms with Gasteiger partial charge in [-0.05, 0) is 48.9 Å². The van der Waals surface area contributed by atoms with Crippen LogP contribution in [0.2, 0.25) is 0 Å². The third kappa shape index (κ3) is 4.26. The fraction of sp³-hybridized carbons (Fsp3) is 0.294. The summed E-state index contributed by atoms with van der Waals surface area (Å²) in [6.07, 6.45) is 0. The topological polar surface area (TPSA) is 21.3 Å². The highest BCUT2D eigenvalue weighted by atomic mass is 19.1. The molecule has 0 spiro atoms. The second-order valence-corrected chi connectivity index (χ2v) is 4.93. The predicted octanol–water partition coefficient (Wildman–Crippen LogP) is 3.96. The molecule has 0 bridgehead atoms. The van der Waals surface area contributed by atoms with Crippen LogP contribution in [0.15, 0.2) is 36.4 Å². The number of ether oxygens (including phenoxy) is 1. The number of halogens is 2. The number of hydrogen-bond donors (Lipinski definition) is 1. The summed E-state index contributed by atoms with van der Waals surface area (Å²) in [6.45, 7) is 5.38. The van der Waals surface area contributed by atoms with E-state index in [4.69, 9.17) is 4.74 Å². The minimum absolute atomic E-state index is 0.00612. The maximum absolute atomic E-state index is 13.8. The van der Waals surface area contributed by atoms with Gasteiger partial charge in [-0.1, -0.05) is 19.1 Å². The first-order chi connectivity index (χ1) is 10.1. The molecule has 0 aliphatic rings. The van der Waals surface area contributed by atoms with Crippen LogP contribution in [0.4, 0.5) is 8.78 Å². The van der Waals surface area contributed by atoms with Gasteiger partial charge in [0.25, 0.3) is 0 Å². The van der Waals surface area contributed by atoms with E-state index in [-0.39, 0.29) is 18.2 Å². The first-order valence-electron chi connectivity index (χ1n) is 6.97. The summed E-state index contributed by atoms with van der Waals surface area (Å²) in [5.74, 6) is -0.639. The van der Waals surface area contributed by atoms with E-state index in [1.54, 1.807) is 24.3 Å². The van der Waals surface area contributed by atoms with Gasteiger partial charge in [0.2, 0.25) is 0 Å². The van der Waals surface area contributed by atoms with E-state index >= 15 is 0 Å². The fourth-order valence-corrected chi connectivity index (χ4v) is 1.99. The highest BCUT2D eigenvalue weighted by Gasteiger charge is 2.08. The van der Waals surface area contributed by atoms with Gasteiger partial charge in [-0.15, -0.1) is 0 Å². The molecule has 0 aliphatic heterocycles. The van der Waals surface area contributed by atoms with E-state index in [9.17, 15) is 8.78 Å². The van der Waals surface area contributed by atoms with E-state index in [1.165, 1.54) is 12.1 Å². The zero-order valence-electron chi connectivity index (χ0n) is 12.2. The average Bonchev–Trinajstić information content (AvgIpc) is 2.48. The number of hydrogen-bond acceptors (Lipinski definition) is 2. The maximum atomic E-state index is 13.8. The second-order valence-electron chi connectivity index (χ2n) is 4.93. The van der Waals surface area contributed by atoms with Crippen molar-refractivity contribution in [1.82, 2.24) is 5.32 Å². The van der Waals surface area contributed by atoms with Crippen LogP contribution in [0.1, 0.15) is 23.6 Å². The van der Waals surface area contributed by atoms with Crippen molar-refractivity contribution >= 4 is 0 Å². The molecule has 2 nitrogen and oxygen atoms in total. The van der Waals surface area contributed by atoms with E-state index in [2.05, 4.69) is 5.32 Å². The SMILES string of the molecule is CCNCc1ccc(F)c(COc2cc(C)ccc2F)c1. The summed E-state index contributed by atoms with van der Waals surface area (Å²) >= 11 is 0. The van der Waals surface area contributed by atoms with E-state index in [0.29, 0.717) is 12.1 Å². The lowest BCUT2D eigenvalue weighted by Gasteiger charge is -2.10. The first-order valence-corrected chi connectivity index (χ1v) is 6.97. The van der Waals surface area contributed by atoms with Crippen LogP contribution in [-0.2, 0) is 13.2 Å². The molecule has 0 radical (unpaired) electrons. The van der Waals surface area contributed by atoms with Gasteiger partial charge in [-0.3, -0.25) is 0 Å². The van der Waals surface area contributed by atoms with Gasteiger partial charge in [-0.25, -0.2) is 8.78 Å². The Morgan fingerprint density at radius 2 is 1.81 bits per heavy atom. The van der Waals surface area contributed by atoms with Crippen LogP contribution in [0, 0.1) is 18.6 Å². The summed E-state index contributed by atoms with van der Waals surface area (Å²) in [7, 11) is 0. The van der Waals surface area contributed by atoms with E-state index < -0.39 is 5.82 Å². The third-order valence-corrected chi connectivity index (χ3v) is 3.16. The van der Waals surface area contributed by atoms with Crippen molar-refractivity contribution in [3.63, 3.8) is 0 Å². The Hall–Kier alpha value is -1.94. The Bertz CT molecular complexity index is 614. The molecule has 112 valence electrons. The molecule has 0 unspecified atom stereocenters. The molecular weight excluding hydrogens is 272 g/mol. The summed E-state index contributed by atoms with van der Waals surface area (Å²) in [5, 5.41) is 3.18. The van der Waals surface area contributed by atoms with E-state index in [0.717, 1.165) is 17.7 Å². The maximum Gasteiger partial charge on any atom is 0.165 e. The van der Waals surface area contributed by atoms with Gasteiger partial charge in [0.15, 0.2) is 11.6 Å². The lowest BCUT2D eigenvalue weighted by atomic mass is 10.1. The minimum Gasteiger partial charge on any atom is -0.486 e. The number of benzene rings is 2. The second kappa shape index (κ2) is 7.18. The molecular formula is C17H19F2NO. The normalized spacial score (nSPS) is 10.7. The third-order valence-electron chi connectivity index (χ3n) is 3.16. The monoisotopic (exact) mass is 291 g/mol. The molecule has 2 aromatic carbocycles. The Kier molecular flexibility index (Phi) is 5.28. The molecule has 0 atom stereocenters. The van der Waals surface area contributed by atoms with Crippen LogP contribution in [0.3, 0.4) is 0 Å². The smallest absolute Gasteiger partial charge is 0.165 e. The minimum atomic E-state index is -0.440. The van der Waals surface area contributed by atoms with Crippen LogP contribution in [0.25, 0.3) is 0 Å². The van der Waals surface area contributed by atoms with Gasteiger partial charge < -0.3 is 10.1 Å². The van der Waals surface area contributed by atoms with Crippen molar-refractivity contribution in [2.45, 2.75) is 27.0 Å². The summed E-state index contributed by atoms with van der Waals surface area (Å²) in [5.41, 5.74) is 2.29. The van der Waals surface area contributed by atoms with Crippen LogP contribution >= 0.6 is 0 Å². The molecule has 21 heavy (non-hydrogen) atoms. The average molecular weight is 291 g/mol. The van der Waals surface area contributed by atoms with Crippen molar-refractivity contribution in [3.8, 4) is 5.75 Å². The fourth-order valence-electron chi connectivity index (χ4n) is 1.99. The highest BCUT2D eigenvalue weighted by molar-refractivity contribution is 5.30.